The Labute approximate surface area is 165 Å². The molecule has 6 nitrogen and oxygen atoms in total. The molecule has 0 spiro atoms. The van der Waals surface area contributed by atoms with Gasteiger partial charge in [-0.25, -0.2) is 0 Å². The van der Waals surface area contributed by atoms with E-state index < -0.39 is 0 Å². The second-order valence-electron chi connectivity index (χ2n) is 8.25. The standard InChI is InChI=1S/C22H28N4O2/c1-16-13-18(25(2)24-16)21(28)23-15-22-11-6-9-19(22)26(20(27)10-12-22)14-17-7-4-3-5-8-17/h3-5,7-8,13,19H,6,9-12,14-15H2,1-2H3,(H,23,28)/t19-,22+/m1/s1. The number of hydrogen-bond donors (Lipinski definition) is 1. The number of aromatic nitrogens is 2. The normalized spacial score (nSPS) is 24.3. The van der Waals surface area contributed by atoms with Gasteiger partial charge in [-0.1, -0.05) is 36.8 Å². The predicted octanol–water partition coefficient (Wildman–Crippen LogP) is 2.82. The summed E-state index contributed by atoms with van der Waals surface area (Å²) in [6.45, 7) is 3.15. The minimum Gasteiger partial charge on any atom is -0.350 e. The first-order valence-corrected chi connectivity index (χ1v) is 10.1. The molecule has 1 aliphatic heterocycles. The van der Waals surface area contributed by atoms with Crippen molar-refractivity contribution in [3.05, 3.63) is 53.3 Å². The van der Waals surface area contributed by atoms with E-state index in [4.69, 9.17) is 0 Å². The van der Waals surface area contributed by atoms with E-state index in [2.05, 4.69) is 27.4 Å². The van der Waals surface area contributed by atoms with Gasteiger partial charge in [0.05, 0.1) is 5.69 Å². The second kappa shape index (κ2) is 7.41. The Hall–Kier alpha value is -2.63. The van der Waals surface area contributed by atoms with Gasteiger partial charge in [-0.05, 0) is 37.8 Å². The van der Waals surface area contributed by atoms with Crippen molar-refractivity contribution in [2.75, 3.05) is 6.54 Å². The van der Waals surface area contributed by atoms with Gasteiger partial charge < -0.3 is 10.2 Å². The lowest BCUT2D eigenvalue weighted by molar-refractivity contribution is -0.142. The van der Waals surface area contributed by atoms with Gasteiger partial charge >= 0.3 is 0 Å². The second-order valence-corrected chi connectivity index (χ2v) is 8.25. The molecule has 2 atom stereocenters. The van der Waals surface area contributed by atoms with Gasteiger partial charge in [-0.3, -0.25) is 14.3 Å². The maximum Gasteiger partial charge on any atom is 0.269 e. The monoisotopic (exact) mass is 380 g/mol. The molecule has 1 N–H and O–H groups in total. The molecule has 2 amide bonds. The molecule has 2 fully saturated rings. The van der Waals surface area contributed by atoms with Gasteiger partial charge in [-0.15, -0.1) is 0 Å². The Bertz CT molecular complexity index is 876. The molecule has 0 unspecified atom stereocenters. The molecule has 1 aromatic heterocycles. The van der Waals surface area contributed by atoms with Crippen molar-refractivity contribution in [2.45, 2.75) is 51.6 Å². The van der Waals surface area contributed by atoms with Crippen molar-refractivity contribution in [2.24, 2.45) is 12.5 Å². The summed E-state index contributed by atoms with van der Waals surface area (Å²) in [7, 11) is 1.79. The molecular weight excluding hydrogens is 352 g/mol. The third kappa shape index (κ3) is 3.43. The van der Waals surface area contributed by atoms with Crippen LogP contribution in [0.15, 0.2) is 36.4 Å². The summed E-state index contributed by atoms with van der Waals surface area (Å²) in [6.07, 6.45) is 4.58. The van der Waals surface area contributed by atoms with Crippen LogP contribution < -0.4 is 5.32 Å². The highest BCUT2D eigenvalue weighted by molar-refractivity contribution is 5.92. The van der Waals surface area contributed by atoms with Gasteiger partial charge in [-0.2, -0.15) is 5.10 Å². The lowest BCUT2D eigenvalue weighted by Gasteiger charge is -2.46. The van der Waals surface area contributed by atoms with Crippen LogP contribution in [0.2, 0.25) is 0 Å². The summed E-state index contributed by atoms with van der Waals surface area (Å²) < 4.78 is 1.63. The van der Waals surface area contributed by atoms with E-state index in [0.29, 0.717) is 25.2 Å². The van der Waals surface area contributed by atoms with E-state index in [0.717, 1.165) is 36.9 Å². The zero-order chi connectivity index (χ0) is 19.7. The number of carbonyl (C=O) groups is 2. The van der Waals surface area contributed by atoms with Crippen LogP contribution in [-0.4, -0.2) is 39.1 Å². The number of carbonyl (C=O) groups excluding carboxylic acids is 2. The fourth-order valence-corrected chi connectivity index (χ4v) is 5.01. The van der Waals surface area contributed by atoms with Crippen LogP contribution in [0.3, 0.4) is 0 Å². The summed E-state index contributed by atoms with van der Waals surface area (Å²) in [5, 5.41) is 7.41. The number of piperidine rings is 1. The molecule has 6 heteroatoms. The topological polar surface area (TPSA) is 67.2 Å². The Morgan fingerprint density at radius 1 is 1.29 bits per heavy atom. The Morgan fingerprint density at radius 3 is 2.79 bits per heavy atom. The average molecular weight is 380 g/mol. The molecule has 0 bridgehead atoms. The van der Waals surface area contributed by atoms with Crippen LogP contribution in [0.25, 0.3) is 0 Å². The van der Waals surface area contributed by atoms with Crippen LogP contribution in [0, 0.1) is 12.3 Å². The molecule has 2 aliphatic rings. The van der Waals surface area contributed by atoms with E-state index in [9.17, 15) is 9.59 Å². The van der Waals surface area contributed by atoms with E-state index in [1.54, 1.807) is 11.7 Å². The summed E-state index contributed by atoms with van der Waals surface area (Å²) in [5.74, 6) is 0.148. The summed E-state index contributed by atoms with van der Waals surface area (Å²) >= 11 is 0. The zero-order valence-electron chi connectivity index (χ0n) is 16.6. The number of amides is 2. The molecule has 1 aromatic carbocycles. The zero-order valence-corrected chi connectivity index (χ0v) is 16.6. The minimum atomic E-state index is -0.0883. The molecule has 2 aromatic rings. The Kier molecular flexibility index (Phi) is 4.96. The predicted molar refractivity (Wildman–Crippen MR) is 107 cm³/mol. The van der Waals surface area contributed by atoms with Gasteiger partial charge in [0.1, 0.15) is 5.69 Å². The molecule has 1 saturated carbocycles. The highest BCUT2D eigenvalue weighted by Gasteiger charge is 2.50. The fraction of sp³-hybridized carbons (Fsp3) is 0.500. The van der Waals surface area contributed by atoms with Crippen LogP contribution in [0.1, 0.15) is 53.8 Å². The largest absolute Gasteiger partial charge is 0.350 e. The smallest absolute Gasteiger partial charge is 0.269 e. The van der Waals surface area contributed by atoms with Gasteiger partial charge in [0.2, 0.25) is 5.91 Å². The summed E-state index contributed by atoms with van der Waals surface area (Å²) in [6, 6.07) is 12.2. The fourth-order valence-electron chi connectivity index (χ4n) is 5.01. The van der Waals surface area contributed by atoms with E-state index in [-0.39, 0.29) is 23.3 Å². The minimum absolute atomic E-state index is 0.0218. The first-order chi connectivity index (χ1) is 13.5. The lowest BCUT2D eigenvalue weighted by Crippen LogP contribution is -2.55. The Morgan fingerprint density at radius 2 is 2.07 bits per heavy atom. The van der Waals surface area contributed by atoms with Crippen LogP contribution in [0.4, 0.5) is 0 Å². The number of aryl methyl sites for hydroxylation is 2. The molecule has 2 heterocycles. The Balaban J connectivity index is 1.50. The quantitative estimate of drug-likeness (QED) is 0.867. The van der Waals surface area contributed by atoms with Gasteiger partial charge in [0, 0.05) is 38.0 Å². The number of rotatable bonds is 5. The van der Waals surface area contributed by atoms with Crippen LogP contribution >= 0.6 is 0 Å². The number of nitrogens with one attached hydrogen (secondary N) is 1. The number of likely N-dealkylation sites (tertiary alicyclic amines) is 1. The van der Waals surface area contributed by atoms with Crippen molar-refractivity contribution in [1.29, 1.82) is 0 Å². The highest BCUT2D eigenvalue weighted by atomic mass is 16.2. The van der Waals surface area contributed by atoms with E-state index in [1.165, 1.54) is 0 Å². The van der Waals surface area contributed by atoms with Gasteiger partial charge in [0.15, 0.2) is 0 Å². The molecule has 4 rings (SSSR count). The molecule has 1 aliphatic carbocycles. The maximum absolute atomic E-state index is 12.7. The number of hydrogen-bond acceptors (Lipinski definition) is 3. The number of nitrogens with zero attached hydrogens (tertiary/aromatic N) is 3. The maximum atomic E-state index is 12.7. The van der Waals surface area contributed by atoms with Crippen LogP contribution in [-0.2, 0) is 18.4 Å². The molecule has 1 saturated heterocycles. The van der Waals surface area contributed by atoms with E-state index >= 15 is 0 Å². The molecule has 148 valence electrons. The van der Waals surface area contributed by atoms with E-state index in [1.807, 2.05) is 31.2 Å². The van der Waals surface area contributed by atoms with Crippen molar-refractivity contribution in [3.8, 4) is 0 Å². The summed E-state index contributed by atoms with van der Waals surface area (Å²) in [5.41, 5.74) is 2.55. The van der Waals surface area contributed by atoms with Crippen molar-refractivity contribution < 1.29 is 9.59 Å². The molecule has 28 heavy (non-hydrogen) atoms. The average Bonchev–Trinajstić information content (AvgIpc) is 3.26. The lowest BCUT2D eigenvalue weighted by atomic mass is 9.74. The third-order valence-corrected chi connectivity index (χ3v) is 6.42. The molecule has 0 radical (unpaired) electrons. The van der Waals surface area contributed by atoms with Crippen molar-refractivity contribution >= 4 is 11.8 Å². The number of benzene rings is 1. The molecular formula is C22H28N4O2. The third-order valence-electron chi connectivity index (χ3n) is 6.42. The van der Waals surface area contributed by atoms with Gasteiger partial charge in [0.25, 0.3) is 5.91 Å². The van der Waals surface area contributed by atoms with Crippen molar-refractivity contribution in [3.63, 3.8) is 0 Å². The first-order valence-electron chi connectivity index (χ1n) is 10.1. The van der Waals surface area contributed by atoms with Crippen molar-refractivity contribution in [1.82, 2.24) is 20.0 Å². The number of fused-ring (bicyclic) bond motifs is 1. The highest BCUT2D eigenvalue weighted by Crippen LogP contribution is 2.48. The van der Waals surface area contributed by atoms with Crippen LogP contribution in [0.5, 0.6) is 0 Å². The summed E-state index contributed by atoms with van der Waals surface area (Å²) in [4.78, 5) is 27.5. The first kappa shape index (κ1) is 18.7. The SMILES string of the molecule is Cc1cc(C(=O)NC[C@@]23CCC[C@H]2N(Cc2ccccc2)C(=O)CC3)n(C)n1.